The molecule has 0 saturated carbocycles. The highest BCUT2D eigenvalue weighted by Gasteiger charge is 2.09. The molecule has 0 aliphatic heterocycles. The smallest absolute Gasteiger partial charge is 0.153 e. The molecule has 2 aromatic heterocycles. The Morgan fingerprint density at radius 3 is 3.00 bits per heavy atom. The SMILES string of the molecule is C1=CCC(CNc2ccc(-n3cccn3)nc2)CC1. The van der Waals surface area contributed by atoms with Crippen molar-refractivity contribution in [3.8, 4) is 5.82 Å². The van der Waals surface area contributed by atoms with E-state index in [4.69, 9.17) is 0 Å². The lowest BCUT2D eigenvalue weighted by Gasteiger charge is -2.18. The van der Waals surface area contributed by atoms with E-state index in [1.54, 1.807) is 10.9 Å². The number of allylic oxidation sites excluding steroid dienone is 2. The molecule has 98 valence electrons. The Hall–Kier alpha value is -2.10. The van der Waals surface area contributed by atoms with Crippen molar-refractivity contribution in [2.24, 2.45) is 5.92 Å². The summed E-state index contributed by atoms with van der Waals surface area (Å²) in [6.45, 7) is 1.02. The number of aromatic nitrogens is 3. The van der Waals surface area contributed by atoms with Crippen LogP contribution in [0, 0.1) is 5.92 Å². The van der Waals surface area contributed by atoms with Crippen molar-refractivity contribution < 1.29 is 0 Å². The van der Waals surface area contributed by atoms with Gasteiger partial charge >= 0.3 is 0 Å². The maximum absolute atomic E-state index is 4.41. The Kier molecular flexibility index (Phi) is 3.58. The molecule has 0 aromatic carbocycles. The Morgan fingerprint density at radius 1 is 1.32 bits per heavy atom. The van der Waals surface area contributed by atoms with Gasteiger partial charge < -0.3 is 5.32 Å². The van der Waals surface area contributed by atoms with E-state index < -0.39 is 0 Å². The summed E-state index contributed by atoms with van der Waals surface area (Å²) >= 11 is 0. The van der Waals surface area contributed by atoms with Crippen LogP contribution in [0.4, 0.5) is 5.69 Å². The summed E-state index contributed by atoms with van der Waals surface area (Å²) in [7, 11) is 0. The van der Waals surface area contributed by atoms with Crippen LogP contribution in [0.15, 0.2) is 48.9 Å². The minimum atomic E-state index is 0.746. The number of hydrogen-bond acceptors (Lipinski definition) is 3. The van der Waals surface area contributed by atoms with Crippen LogP contribution in [0.2, 0.25) is 0 Å². The molecule has 1 aliphatic rings. The molecule has 2 aromatic rings. The maximum Gasteiger partial charge on any atom is 0.153 e. The van der Waals surface area contributed by atoms with Gasteiger partial charge in [-0.15, -0.1) is 0 Å². The molecule has 0 fully saturated rings. The van der Waals surface area contributed by atoms with Gasteiger partial charge in [0.25, 0.3) is 0 Å². The van der Waals surface area contributed by atoms with Crippen LogP contribution in [0.25, 0.3) is 5.82 Å². The van der Waals surface area contributed by atoms with E-state index in [2.05, 4.69) is 33.6 Å². The number of anilines is 1. The molecule has 0 amide bonds. The highest BCUT2D eigenvalue weighted by molar-refractivity contribution is 5.43. The first kappa shape index (κ1) is 12.0. The van der Waals surface area contributed by atoms with Gasteiger partial charge in [0.2, 0.25) is 0 Å². The molecule has 1 unspecified atom stereocenters. The van der Waals surface area contributed by atoms with Gasteiger partial charge in [-0.05, 0) is 43.4 Å². The number of rotatable bonds is 4. The van der Waals surface area contributed by atoms with E-state index in [-0.39, 0.29) is 0 Å². The second-order valence-electron chi connectivity index (χ2n) is 4.89. The molecular formula is C15H18N4. The van der Waals surface area contributed by atoms with E-state index in [1.165, 1.54) is 19.3 Å². The third-order valence-electron chi connectivity index (χ3n) is 3.46. The molecule has 0 spiro atoms. The fraction of sp³-hybridized carbons (Fsp3) is 0.333. The van der Waals surface area contributed by atoms with Crippen molar-refractivity contribution in [1.82, 2.24) is 14.8 Å². The van der Waals surface area contributed by atoms with Gasteiger partial charge in [0, 0.05) is 18.9 Å². The summed E-state index contributed by atoms with van der Waals surface area (Å²) in [5.41, 5.74) is 1.07. The fourth-order valence-corrected chi connectivity index (χ4v) is 2.33. The third kappa shape index (κ3) is 3.02. The van der Waals surface area contributed by atoms with Crippen LogP contribution in [0.5, 0.6) is 0 Å². The zero-order valence-corrected chi connectivity index (χ0v) is 10.9. The molecule has 19 heavy (non-hydrogen) atoms. The topological polar surface area (TPSA) is 42.7 Å². The van der Waals surface area contributed by atoms with Crippen molar-refractivity contribution in [2.75, 3.05) is 11.9 Å². The van der Waals surface area contributed by atoms with Crippen molar-refractivity contribution in [1.29, 1.82) is 0 Å². The highest BCUT2D eigenvalue weighted by atomic mass is 15.3. The number of pyridine rings is 1. The standard InChI is InChI=1S/C15H18N4/c1-2-5-13(6-3-1)11-16-14-7-8-15(17-12-14)19-10-4-9-18-19/h1-2,4,7-10,12-13,16H,3,5-6,11H2. The van der Waals surface area contributed by atoms with Crippen LogP contribution >= 0.6 is 0 Å². The van der Waals surface area contributed by atoms with E-state index in [0.29, 0.717) is 0 Å². The quantitative estimate of drug-likeness (QED) is 0.853. The Labute approximate surface area is 113 Å². The molecule has 1 aliphatic carbocycles. The van der Waals surface area contributed by atoms with Gasteiger partial charge in [-0.3, -0.25) is 0 Å². The van der Waals surface area contributed by atoms with E-state index in [1.807, 2.05) is 24.5 Å². The summed E-state index contributed by atoms with van der Waals surface area (Å²) in [6.07, 6.45) is 13.8. The summed E-state index contributed by atoms with van der Waals surface area (Å²) in [6, 6.07) is 5.93. The molecule has 0 bridgehead atoms. The molecule has 0 radical (unpaired) electrons. The Balaban J connectivity index is 1.58. The predicted molar refractivity (Wildman–Crippen MR) is 76.3 cm³/mol. The van der Waals surface area contributed by atoms with Crippen molar-refractivity contribution in [3.05, 3.63) is 48.9 Å². The van der Waals surface area contributed by atoms with E-state index in [0.717, 1.165) is 24.0 Å². The van der Waals surface area contributed by atoms with Gasteiger partial charge in [-0.2, -0.15) is 5.10 Å². The lowest BCUT2D eigenvalue weighted by atomic mass is 9.94. The number of nitrogens with one attached hydrogen (secondary N) is 1. The van der Waals surface area contributed by atoms with Gasteiger partial charge in [0.1, 0.15) is 0 Å². The van der Waals surface area contributed by atoms with Gasteiger partial charge in [0.05, 0.1) is 11.9 Å². The van der Waals surface area contributed by atoms with Gasteiger partial charge in [0.15, 0.2) is 5.82 Å². The van der Waals surface area contributed by atoms with E-state index in [9.17, 15) is 0 Å². The first-order valence-electron chi connectivity index (χ1n) is 6.77. The summed E-state index contributed by atoms with van der Waals surface area (Å²) in [5.74, 6) is 1.59. The largest absolute Gasteiger partial charge is 0.384 e. The molecule has 3 rings (SSSR count). The number of nitrogens with zero attached hydrogens (tertiary/aromatic N) is 3. The Bertz CT molecular complexity index is 528. The summed E-state index contributed by atoms with van der Waals surface area (Å²) in [4.78, 5) is 4.41. The van der Waals surface area contributed by atoms with Crippen LogP contribution < -0.4 is 5.32 Å². The van der Waals surface area contributed by atoms with Crippen LogP contribution in [0.3, 0.4) is 0 Å². The second-order valence-corrected chi connectivity index (χ2v) is 4.89. The first-order valence-corrected chi connectivity index (χ1v) is 6.77. The molecule has 4 heteroatoms. The zero-order chi connectivity index (χ0) is 12.9. The van der Waals surface area contributed by atoms with Crippen LogP contribution in [-0.2, 0) is 0 Å². The maximum atomic E-state index is 4.41. The minimum Gasteiger partial charge on any atom is -0.384 e. The molecular weight excluding hydrogens is 236 g/mol. The van der Waals surface area contributed by atoms with Gasteiger partial charge in [-0.1, -0.05) is 12.2 Å². The van der Waals surface area contributed by atoms with Crippen LogP contribution in [-0.4, -0.2) is 21.3 Å². The van der Waals surface area contributed by atoms with Crippen LogP contribution in [0.1, 0.15) is 19.3 Å². The van der Waals surface area contributed by atoms with E-state index >= 15 is 0 Å². The zero-order valence-electron chi connectivity index (χ0n) is 10.9. The monoisotopic (exact) mass is 254 g/mol. The lowest BCUT2D eigenvalue weighted by Crippen LogP contribution is -2.15. The fourth-order valence-electron chi connectivity index (χ4n) is 2.33. The molecule has 4 nitrogen and oxygen atoms in total. The molecule has 0 saturated heterocycles. The Morgan fingerprint density at radius 2 is 2.32 bits per heavy atom. The lowest BCUT2D eigenvalue weighted by molar-refractivity contribution is 0.504. The second kappa shape index (κ2) is 5.69. The summed E-state index contributed by atoms with van der Waals surface area (Å²) < 4.78 is 1.76. The summed E-state index contributed by atoms with van der Waals surface area (Å²) in [5, 5.41) is 7.62. The number of hydrogen-bond donors (Lipinski definition) is 1. The minimum absolute atomic E-state index is 0.746. The first-order chi connectivity index (χ1) is 9.42. The van der Waals surface area contributed by atoms with Crippen molar-refractivity contribution in [3.63, 3.8) is 0 Å². The molecule has 1 atom stereocenters. The average Bonchev–Trinajstić information content (AvgIpc) is 3.01. The predicted octanol–water partition coefficient (Wildman–Crippen LogP) is 3.04. The van der Waals surface area contributed by atoms with Crippen molar-refractivity contribution in [2.45, 2.75) is 19.3 Å². The normalized spacial score (nSPS) is 18.4. The molecule has 2 heterocycles. The third-order valence-corrected chi connectivity index (χ3v) is 3.46. The molecule has 1 N–H and O–H groups in total. The highest BCUT2D eigenvalue weighted by Crippen LogP contribution is 2.19. The average molecular weight is 254 g/mol. The van der Waals surface area contributed by atoms with Gasteiger partial charge in [-0.25, -0.2) is 9.67 Å². The van der Waals surface area contributed by atoms with Crippen molar-refractivity contribution >= 4 is 5.69 Å².